The largest absolute Gasteiger partial charge is 0.341 e. The molecular formula is C16H18ClN3O2. The van der Waals surface area contributed by atoms with Crippen LogP contribution in [0.4, 0.5) is 0 Å². The molecule has 0 saturated carbocycles. The minimum absolute atomic E-state index is 0.0332. The number of rotatable bonds is 3. The molecule has 0 spiro atoms. The molecule has 1 fully saturated rings. The molecule has 1 saturated heterocycles. The number of likely N-dealkylation sites (tertiary alicyclic amines) is 1. The minimum Gasteiger partial charge on any atom is -0.341 e. The maximum Gasteiger partial charge on any atom is 0.240 e. The van der Waals surface area contributed by atoms with Crippen LogP contribution in [-0.2, 0) is 4.79 Å². The van der Waals surface area contributed by atoms with E-state index in [4.69, 9.17) is 16.1 Å². The van der Waals surface area contributed by atoms with Gasteiger partial charge in [-0.15, -0.1) is 11.6 Å². The number of aromatic nitrogens is 2. The Morgan fingerprint density at radius 1 is 1.41 bits per heavy atom. The van der Waals surface area contributed by atoms with Gasteiger partial charge in [0.05, 0.1) is 5.92 Å². The Kier molecular flexibility index (Phi) is 4.43. The van der Waals surface area contributed by atoms with Crippen LogP contribution in [0.25, 0.3) is 11.4 Å². The summed E-state index contributed by atoms with van der Waals surface area (Å²) in [5.41, 5.74) is 0.927. The van der Waals surface area contributed by atoms with Crippen LogP contribution in [0.2, 0.25) is 0 Å². The van der Waals surface area contributed by atoms with Gasteiger partial charge in [-0.2, -0.15) is 4.98 Å². The van der Waals surface area contributed by atoms with E-state index in [0.29, 0.717) is 18.3 Å². The zero-order chi connectivity index (χ0) is 15.5. The third-order valence-corrected chi connectivity index (χ3v) is 4.08. The zero-order valence-electron chi connectivity index (χ0n) is 12.4. The van der Waals surface area contributed by atoms with Crippen LogP contribution < -0.4 is 0 Å². The molecule has 0 unspecified atom stereocenters. The van der Waals surface area contributed by atoms with Crippen LogP contribution >= 0.6 is 11.6 Å². The Morgan fingerprint density at radius 2 is 2.18 bits per heavy atom. The van der Waals surface area contributed by atoms with Crippen molar-refractivity contribution in [3.8, 4) is 11.4 Å². The number of benzene rings is 1. The van der Waals surface area contributed by atoms with Crippen molar-refractivity contribution in [2.24, 2.45) is 0 Å². The van der Waals surface area contributed by atoms with Gasteiger partial charge in [0.1, 0.15) is 5.38 Å². The van der Waals surface area contributed by atoms with E-state index in [0.717, 1.165) is 24.9 Å². The lowest BCUT2D eigenvalue weighted by atomic mass is 9.97. The van der Waals surface area contributed by atoms with E-state index in [1.807, 2.05) is 30.3 Å². The number of piperidine rings is 1. The van der Waals surface area contributed by atoms with Crippen LogP contribution in [0.3, 0.4) is 0 Å². The Morgan fingerprint density at radius 3 is 2.91 bits per heavy atom. The van der Waals surface area contributed by atoms with Gasteiger partial charge in [-0.25, -0.2) is 0 Å². The third-order valence-electron chi connectivity index (χ3n) is 3.90. The topological polar surface area (TPSA) is 59.2 Å². The van der Waals surface area contributed by atoms with Gasteiger partial charge in [0.2, 0.25) is 17.6 Å². The first-order valence-electron chi connectivity index (χ1n) is 7.47. The number of hydrogen-bond donors (Lipinski definition) is 0. The fourth-order valence-electron chi connectivity index (χ4n) is 2.74. The summed E-state index contributed by atoms with van der Waals surface area (Å²) in [6.07, 6.45) is 1.86. The highest BCUT2D eigenvalue weighted by molar-refractivity contribution is 6.30. The quantitative estimate of drug-likeness (QED) is 0.816. The van der Waals surface area contributed by atoms with Crippen molar-refractivity contribution < 1.29 is 9.32 Å². The molecule has 0 aliphatic carbocycles. The van der Waals surface area contributed by atoms with Crippen molar-refractivity contribution in [2.75, 3.05) is 13.1 Å². The summed E-state index contributed by atoms with van der Waals surface area (Å²) < 4.78 is 5.42. The van der Waals surface area contributed by atoms with Gasteiger partial charge in [-0.1, -0.05) is 35.5 Å². The molecule has 0 bridgehead atoms. The summed E-state index contributed by atoms with van der Waals surface area (Å²) in [6.45, 7) is 3.03. The van der Waals surface area contributed by atoms with E-state index in [1.165, 1.54) is 0 Å². The Hall–Kier alpha value is -1.88. The summed E-state index contributed by atoms with van der Waals surface area (Å²) >= 11 is 5.90. The molecule has 2 aromatic rings. The number of hydrogen-bond acceptors (Lipinski definition) is 4. The number of amides is 1. The molecule has 1 aromatic carbocycles. The molecular weight excluding hydrogens is 302 g/mol. The smallest absolute Gasteiger partial charge is 0.240 e. The summed E-state index contributed by atoms with van der Waals surface area (Å²) in [6, 6.07) is 9.71. The summed E-state index contributed by atoms with van der Waals surface area (Å²) in [5.74, 6) is 1.23. The van der Waals surface area contributed by atoms with Gasteiger partial charge in [0, 0.05) is 18.7 Å². The van der Waals surface area contributed by atoms with E-state index in [1.54, 1.807) is 11.8 Å². The molecule has 22 heavy (non-hydrogen) atoms. The molecule has 0 radical (unpaired) electrons. The van der Waals surface area contributed by atoms with E-state index in [9.17, 15) is 4.79 Å². The molecule has 116 valence electrons. The molecule has 2 heterocycles. The third kappa shape index (κ3) is 3.14. The standard InChI is InChI=1S/C16H18ClN3O2/c1-11(17)16(21)20-9-5-8-13(10-20)15-18-14(19-22-15)12-6-3-2-4-7-12/h2-4,6-7,11,13H,5,8-10H2,1H3/t11-,13+/m1/s1. The average Bonchev–Trinajstić information content (AvgIpc) is 3.05. The van der Waals surface area contributed by atoms with Gasteiger partial charge < -0.3 is 9.42 Å². The fraction of sp³-hybridized carbons (Fsp3) is 0.438. The van der Waals surface area contributed by atoms with E-state index >= 15 is 0 Å². The molecule has 6 heteroatoms. The second kappa shape index (κ2) is 6.48. The molecule has 1 aromatic heterocycles. The Balaban J connectivity index is 1.74. The van der Waals surface area contributed by atoms with Gasteiger partial charge in [-0.3, -0.25) is 4.79 Å². The van der Waals surface area contributed by atoms with Crippen LogP contribution in [0.5, 0.6) is 0 Å². The van der Waals surface area contributed by atoms with Crippen LogP contribution in [0.1, 0.15) is 31.6 Å². The number of halogens is 1. The number of carbonyl (C=O) groups is 1. The molecule has 0 N–H and O–H groups in total. The lowest BCUT2D eigenvalue weighted by Crippen LogP contribution is -2.42. The van der Waals surface area contributed by atoms with Gasteiger partial charge in [0.15, 0.2) is 0 Å². The summed E-state index contributed by atoms with van der Waals surface area (Å²) in [5, 5.41) is 3.55. The van der Waals surface area contributed by atoms with Gasteiger partial charge in [0.25, 0.3) is 0 Å². The predicted molar refractivity (Wildman–Crippen MR) is 83.6 cm³/mol. The molecule has 2 atom stereocenters. The number of nitrogens with zero attached hydrogens (tertiary/aromatic N) is 3. The first kappa shape index (κ1) is 15.0. The second-order valence-corrected chi connectivity index (χ2v) is 6.22. The lowest BCUT2D eigenvalue weighted by Gasteiger charge is -2.31. The molecule has 1 aliphatic heterocycles. The summed E-state index contributed by atoms with van der Waals surface area (Å²) in [7, 11) is 0. The summed E-state index contributed by atoms with van der Waals surface area (Å²) in [4.78, 5) is 18.3. The Bertz CT molecular complexity index is 642. The van der Waals surface area contributed by atoms with Gasteiger partial charge >= 0.3 is 0 Å². The molecule has 3 rings (SSSR count). The van der Waals surface area contributed by atoms with Crippen molar-refractivity contribution >= 4 is 17.5 Å². The SMILES string of the molecule is C[C@@H](Cl)C(=O)N1CCC[C@H](c2nc(-c3ccccc3)no2)C1. The van der Waals surface area contributed by atoms with Gasteiger partial charge in [-0.05, 0) is 19.8 Å². The normalized spacial score (nSPS) is 19.9. The van der Waals surface area contributed by atoms with E-state index in [-0.39, 0.29) is 11.8 Å². The number of alkyl halides is 1. The molecule has 1 amide bonds. The van der Waals surface area contributed by atoms with E-state index < -0.39 is 5.38 Å². The van der Waals surface area contributed by atoms with Crippen LogP contribution in [0, 0.1) is 0 Å². The molecule has 5 nitrogen and oxygen atoms in total. The highest BCUT2D eigenvalue weighted by Crippen LogP contribution is 2.28. The maximum absolute atomic E-state index is 12.0. The van der Waals surface area contributed by atoms with E-state index in [2.05, 4.69) is 10.1 Å². The first-order valence-corrected chi connectivity index (χ1v) is 7.90. The predicted octanol–water partition coefficient (Wildman–Crippen LogP) is 3.07. The highest BCUT2D eigenvalue weighted by Gasteiger charge is 2.30. The first-order chi connectivity index (χ1) is 10.6. The van der Waals surface area contributed by atoms with Crippen molar-refractivity contribution in [1.82, 2.24) is 15.0 Å². The lowest BCUT2D eigenvalue weighted by molar-refractivity contribution is -0.131. The monoisotopic (exact) mass is 319 g/mol. The minimum atomic E-state index is -0.499. The average molecular weight is 320 g/mol. The van der Waals surface area contributed by atoms with Crippen molar-refractivity contribution in [3.05, 3.63) is 36.2 Å². The van der Waals surface area contributed by atoms with Crippen LogP contribution in [-0.4, -0.2) is 39.4 Å². The fourth-order valence-corrected chi connectivity index (χ4v) is 2.87. The van der Waals surface area contributed by atoms with Crippen molar-refractivity contribution in [2.45, 2.75) is 31.1 Å². The van der Waals surface area contributed by atoms with Crippen molar-refractivity contribution in [1.29, 1.82) is 0 Å². The van der Waals surface area contributed by atoms with Crippen molar-refractivity contribution in [3.63, 3.8) is 0 Å². The maximum atomic E-state index is 12.0. The Labute approximate surface area is 134 Å². The molecule has 1 aliphatic rings. The second-order valence-electron chi connectivity index (χ2n) is 5.56. The highest BCUT2D eigenvalue weighted by atomic mass is 35.5. The van der Waals surface area contributed by atoms with Crippen LogP contribution in [0.15, 0.2) is 34.9 Å². The number of carbonyl (C=O) groups excluding carboxylic acids is 1. The zero-order valence-corrected chi connectivity index (χ0v) is 13.2.